The lowest BCUT2D eigenvalue weighted by Gasteiger charge is -2.10. The van der Waals surface area contributed by atoms with E-state index in [1.807, 2.05) is 19.9 Å². The number of aromatic nitrogens is 6. The first kappa shape index (κ1) is 20.7. The predicted octanol–water partition coefficient (Wildman–Crippen LogP) is 4.50. The number of aromatic amines is 1. The average Bonchev–Trinajstić information content (AvgIpc) is 3.24. The summed E-state index contributed by atoms with van der Waals surface area (Å²) in [6.07, 6.45) is -4.16. The van der Waals surface area contributed by atoms with E-state index in [4.69, 9.17) is 0 Å². The molecule has 0 radical (unpaired) electrons. The Hall–Kier alpha value is -3.56. The molecule has 0 aliphatic carbocycles. The molecule has 1 aromatic carbocycles. The fourth-order valence-electron chi connectivity index (χ4n) is 3.43. The van der Waals surface area contributed by atoms with Crippen LogP contribution in [0.25, 0.3) is 17.1 Å². The average molecular weight is 430 g/mol. The zero-order valence-corrected chi connectivity index (χ0v) is 16.7. The standard InChI is InChI=1S/C21H18F4N6/c1-12-7-13(2)31(30-12)19-9-16(26-11-27-19)8-18-17(10-21(23,24)25)20(29-28-18)14-3-5-15(22)6-4-14/h3-7,9,11H,8,10H2,1-2H3,(H,28,29). The van der Waals surface area contributed by atoms with Crippen LogP contribution in [0, 0.1) is 19.7 Å². The van der Waals surface area contributed by atoms with Gasteiger partial charge in [0.2, 0.25) is 0 Å². The largest absolute Gasteiger partial charge is 0.393 e. The molecule has 160 valence electrons. The van der Waals surface area contributed by atoms with Gasteiger partial charge in [0.05, 0.1) is 23.5 Å². The zero-order chi connectivity index (χ0) is 22.2. The highest BCUT2D eigenvalue weighted by molar-refractivity contribution is 5.64. The minimum atomic E-state index is -4.44. The van der Waals surface area contributed by atoms with Gasteiger partial charge in [-0.3, -0.25) is 5.10 Å². The molecule has 0 spiro atoms. The van der Waals surface area contributed by atoms with Gasteiger partial charge in [-0.25, -0.2) is 19.0 Å². The molecule has 0 aliphatic rings. The van der Waals surface area contributed by atoms with Crippen LogP contribution in [0.5, 0.6) is 0 Å². The van der Waals surface area contributed by atoms with Gasteiger partial charge in [-0.1, -0.05) is 0 Å². The molecule has 0 amide bonds. The van der Waals surface area contributed by atoms with Crippen LogP contribution >= 0.6 is 0 Å². The number of nitrogens with zero attached hydrogens (tertiary/aromatic N) is 5. The number of hydrogen-bond donors (Lipinski definition) is 1. The van der Waals surface area contributed by atoms with Gasteiger partial charge in [0, 0.05) is 35.0 Å². The van der Waals surface area contributed by atoms with Crippen molar-refractivity contribution in [2.45, 2.75) is 32.9 Å². The van der Waals surface area contributed by atoms with E-state index in [1.165, 1.54) is 30.6 Å². The molecule has 0 fully saturated rings. The van der Waals surface area contributed by atoms with Crippen LogP contribution in [-0.4, -0.2) is 36.1 Å². The lowest BCUT2D eigenvalue weighted by atomic mass is 10.0. The van der Waals surface area contributed by atoms with Gasteiger partial charge in [-0.2, -0.15) is 23.4 Å². The molecule has 0 atom stereocenters. The lowest BCUT2D eigenvalue weighted by Crippen LogP contribution is -2.13. The van der Waals surface area contributed by atoms with Crippen LogP contribution < -0.4 is 0 Å². The van der Waals surface area contributed by atoms with Crippen molar-refractivity contribution in [1.82, 2.24) is 29.9 Å². The highest BCUT2D eigenvalue weighted by Gasteiger charge is 2.32. The molecule has 31 heavy (non-hydrogen) atoms. The SMILES string of the molecule is Cc1cc(C)n(-c2cc(Cc3[nH]nc(-c4ccc(F)cc4)c3CC(F)(F)F)ncn2)n1. The maximum Gasteiger partial charge on any atom is 0.393 e. The number of halogens is 4. The Morgan fingerprint density at radius 2 is 1.77 bits per heavy atom. The van der Waals surface area contributed by atoms with Crippen molar-refractivity contribution in [3.63, 3.8) is 0 Å². The number of H-pyrrole nitrogens is 1. The summed E-state index contributed by atoms with van der Waals surface area (Å²) >= 11 is 0. The van der Waals surface area contributed by atoms with Crippen LogP contribution in [0.1, 0.15) is 28.3 Å². The van der Waals surface area contributed by atoms with Gasteiger partial charge in [0.25, 0.3) is 0 Å². The van der Waals surface area contributed by atoms with Crippen LogP contribution in [0.15, 0.2) is 42.7 Å². The van der Waals surface area contributed by atoms with E-state index in [1.54, 1.807) is 10.7 Å². The number of alkyl halides is 3. The molecule has 4 rings (SSSR count). The van der Waals surface area contributed by atoms with Gasteiger partial charge in [-0.15, -0.1) is 0 Å². The van der Waals surface area contributed by atoms with Crippen molar-refractivity contribution in [2.75, 3.05) is 0 Å². The Morgan fingerprint density at radius 1 is 1.03 bits per heavy atom. The molecule has 1 N–H and O–H groups in total. The Morgan fingerprint density at radius 3 is 2.42 bits per heavy atom. The van der Waals surface area contributed by atoms with Crippen molar-refractivity contribution in [3.8, 4) is 17.1 Å². The summed E-state index contributed by atoms with van der Waals surface area (Å²) in [5.74, 6) is 0.0424. The lowest BCUT2D eigenvalue weighted by molar-refractivity contribution is -0.127. The number of benzene rings is 1. The number of nitrogens with one attached hydrogen (secondary N) is 1. The van der Waals surface area contributed by atoms with Crippen LogP contribution in [-0.2, 0) is 12.8 Å². The molecule has 3 heterocycles. The summed E-state index contributed by atoms with van der Waals surface area (Å²) in [6, 6.07) is 8.75. The Balaban J connectivity index is 1.71. The van der Waals surface area contributed by atoms with E-state index in [0.29, 0.717) is 17.1 Å². The summed E-state index contributed by atoms with van der Waals surface area (Å²) < 4.78 is 54.8. The van der Waals surface area contributed by atoms with Crippen molar-refractivity contribution >= 4 is 0 Å². The molecule has 10 heteroatoms. The highest BCUT2D eigenvalue weighted by atomic mass is 19.4. The van der Waals surface area contributed by atoms with E-state index < -0.39 is 18.4 Å². The van der Waals surface area contributed by atoms with Crippen molar-refractivity contribution in [2.24, 2.45) is 0 Å². The molecule has 0 unspecified atom stereocenters. The molecule has 4 aromatic rings. The molecule has 0 saturated carbocycles. The summed E-state index contributed by atoms with van der Waals surface area (Å²) in [7, 11) is 0. The second-order valence-corrected chi connectivity index (χ2v) is 7.21. The highest BCUT2D eigenvalue weighted by Crippen LogP contribution is 2.31. The smallest absolute Gasteiger partial charge is 0.281 e. The first-order valence-electron chi connectivity index (χ1n) is 9.43. The fraction of sp³-hybridized carbons (Fsp3) is 0.238. The van der Waals surface area contributed by atoms with Gasteiger partial charge in [0.1, 0.15) is 12.1 Å². The van der Waals surface area contributed by atoms with Crippen LogP contribution in [0.3, 0.4) is 0 Å². The van der Waals surface area contributed by atoms with Gasteiger partial charge >= 0.3 is 6.18 Å². The fourth-order valence-corrected chi connectivity index (χ4v) is 3.43. The molecular weight excluding hydrogens is 412 g/mol. The van der Waals surface area contributed by atoms with E-state index in [9.17, 15) is 17.6 Å². The number of aryl methyl sites for hydroxylation is 2. The van der Waals surface area contributed by atoms with Crippen molar-refractivity contribution in [1.29, 1.82) is 0 Å². The normalized spacial score (nSPS) is 11.8. The van der Waals surface area contributed by atoms with Crippen molar-refractivity contribution < 1.29 is 17.6 Å². The molecule has 0 aliphatic heterocycles. The van der Waals surface area contributed by atoms with Gasteiger partial charge in [0.15, 0.2) is 5.82 Å². The Labute approximate surface area is 175 Å². The van der Waals surface area contributed by atoms with E-state index in [2.05, 4.69) is 25.3 Å². The minimum Gasteiger partial charge on any atom is -0.281 e. The zero-order valence-electron chi connectivity index (χ0n) is 16.7. The van der Waals surface area contributed by atoms with Crippen molar-refractivity contribution in [3.05, 3.63) is 76.9 Å². The van der Waals surface area contributed by atoms with Gasteiger partial charge < -0.3 is 0 Å². The second kappa shape index (κ2) is 7.93. The van der Waals surface area contributed by atoms with Crippen LogP contribution in [0.4, 0.5) is 17.6 Å². The topological polar surface area (TPSA) is 72.3 Å². The molecule has 3 aromatic heterocycles. The third-order valence-electron chi connectivity index (χ3n) is 4.74. The summed E-state index contributed by atoms with van der Waals surface area (Å²) in [5.41, 5.74) is 3.03. The third-order valence-corrected chi connectivity index (χ3v) is 4.74. The van der Waals surface area contributed by atoms with Crippen LogP contribution in [0.2, 0.25) is 0 Å². The van der Waals surface area contributed by atoms with E-state index >= 15 is 0 Å². The molecule has 6 nitrogen and oxygen atoms in total. The molecule has 0 bridgehead atoms. The minimum absolute atomic E-state index is 0.00499. The Kier molecular flexibility index (Phi) is 5.30. The maximum absolute atomic E-state index is 13.3. The predicted molar refractivity (Wildman–Crippen MR) is 105 cm³/mol. The summed E-state index contributed by atoms with van der Waals surface area (Å²) in [6.45, 7) is 3.74. The first-order chi connectivity index (χ1) is 14.7. The molecular formula is C21H18F4N6. The maximum atomic E-state index is 13.3. The quantitative estimate of drug-likeness (QED) is 0.473. The Bertz CT molecular complexity index is 1210. The third kappa shape index (κ3) is 4.62. The number of rotatable bonds is 5. The second-order valence-electron chi connectivity index (χ2n) is 7.21. The first-order valence-corrected chi connectivity index (χ1v) is 9.43. The van der Waals surface area contributed by atoms with E-state index in [-0.39, 0.29) is 23.4 Å². The van der Waals surface area contributed by atoms with Gasteiger partial charge in [-0.05, 0) is 44.2 Å². The summed E-state index contributed by atoms with van der Waals surface area (Å²) in [4.78, 5) is 8.41. The summed E-state index contributed by atoms with van der Waals surface area (Å²) in [5, 5.41) is 11.2. The van der Waals surface area contributed by atoms with E-state index in [0.717, 1.165) is 11.4 Å². The monoisotopic (exact) mass is 430 g/mol. The molecule has 0 saturated heterocycles. The number of hydrogen-bond acceptors (Lipinski definition) is 4.